The lowest BCUT2D eigenvalue weighted by Crippen LogP contribution is -2.38. The Balaban J connectivity index is 1.38. The van der Waals surface area contributed by atoms with E-state index >= 15 is 4.39 Å². The predicted molar refractivity (Wildman–Crippen MR) is 136 cm³/mol. The number of carbonyl (C=O) groups excluding carboxylic acids is 1. The number of halogens is 2. The number of nitrogens with zero attached hydrogens (tertiary/aromatic N) is 4. The Hall–Kier alpha value is -3.58. The number of nitrogens with two attached hydrogens (primary N) is 1. The Morgan fingerprint density at radius 2 is 2.16 bits per heavy atom. The van der Waals surface area contributed by atoms with Gasteiger partial charge in [-0.05, 0) is 33.3 Å². The molecule has 1 aromatic carbocycles. The number of nitrogens with one attached hydrogen (secondary N) is 1. The number of aliphatic imine (C=N–C) groups is 1. The van der Waals surface area contributed by atoms with Crippen LogP contribution in [0.3, 0.4) is 0 Å². The molecule has 10 nitrogen and oxygen atoms in total. The third kappa shape index (κ3) is 4.60. The summed E-state index contributed by atoms with van der Waals surface area (Å²) in [7, 11) is 1.58. The number of benzene rings is 1. The molecular formula is C25H26F2N6O4S. The van der Waals surface area contributed by atoms with Crippen molar-refractivity contribution in [2.45, 2.75) is 43.6 Å². The first-order chi connectivity index (χ1) is 18.1. The van der Waals surface area contributed by atoms with E-state index in [0.29, 0.717) is 18.9 Å². The van der Waals surface area contributed by atoms with Crippen LogP contribution in [0.1, 0.15) is 54.0 Å². The predicted octanol–water partition coefficient (Wildman–Crippen LogP) is 4.13. The topological polar surface area (TPSA) is 138 Å². The Labute approximate surface area is 221 Å². The van der Waals surface area contributed by atoms with Gasteiger partial charge in [0.05, 0.1) is 35.0 Å². The number of amides is 1. The van der Waals surface area contributed by atoms with Crippen molar-refractivity contribution in [2.24, 2.45) is 16.6 Å². The van der Waals surface area contributed by atoms with Gasteiger partial charge in [-0.3, -0.25) is 9.79 Å². The van der Waals surface area contributed by atoms with E-state index in [0.717, 1.165) is 6.07 Å². The molecule has 2 aromatic heterocycles. The summed E-state index contributed by atoms with van der Waals surface area (Å²) in [6.45, 7) is 5.44. The fourth-order valence-corrected chi connectivity index (χ4v) is 6.41. The summed E-state index contributed by atoms with van der Waals surface area (Å²) in [5.74, 6) is -2.39. The molecule has 3 heterocycles. The average molecular weight is 545 g/mol. The van der Waals surface area contributed by atoms with Gasteiger partial charge >= 0.3 is 0 Å². The first-order valence-corrected chi connectivity index (χ1v) is 12.6. The molecule has 2 aliphatic rings. The zero-order valence-electron chi connectivity index (χ0n) is 21.1. The second-order valence-electron chi connectivity index (χ2n) is 9.50. The van der Waals surface area contributed by atoms with Gasteiger partial charge in [0.2, 0.25) is 11.8 Å². The average Bonchev–Trinajstić information content (AvgIpc) is 3.31. The second kappa shape index (κ2) is 9.62. The number of anilines is 1. The van der Waals surface area contributed by atoms with E-state index in [-0.39, 0.29) is 44.4 Å². The zero-order valence-corrected chi connectivity index (χ0v) is 21.9. The number of hydrogen-bond donors (Lipinski definition) is 2. The van der Waals surface area contributed by atoms with Crippen molar-refractivity contribution in [3.05, 3.63) is 65.3 Å². The van der Waals surface area contributed by atoms with Gasteiger partial charge in [-0.1, -0.05) is 11.8 Å². The number of ether oxygens (including phenoxy) is 2. The van der Waals surface area contributed by atoms with Crippen LogP contribution in [0.2, 0.25) is 0 Å². The summed E-state index contributed by atoms with van der Waals surface area (Å²) in [4.78, 5) is 30.0. The van der Waals surface area contributed by atoms with Crippen molar-refractivity contribution in [1.29, 1.82) is 0 Å². The van der Waals surface area contributed by atoms with Gasteiger partial charge in [0.1, 0.15) is 12.0 Å². The maximum Gasteiger partial charge on any atom is 0.276 e. The normalized spacial score (nSPS) is 24.8. The quantitative estimate of drug-likeness (QED) is 0.429. The number of carbonyl (C=O) groups is 1. The number of hydrogen-bond acceptors (Lipinski definition) is 10. The molecular weight excluding hydrogens is 518 g/mol. The molecule has 38 heavy (non-hydrogen) atoms. The maximum atomic E-state index is 15.1. The molecule has 1 fully saturated rings. The summed E-state index contributed by atoms with van der Waals surface area (Å²) in [6, 6.07) is 2.30. The van der Waals surface area contributed by atoms with Gasteiger partial charge in [-0.15, -0.1) is 0 Å². The highest BCUT2D eigenvalue weighted by Gasteiger charge is 2.66. The summed E-state index contributed by atoms with van der Waals surface area (Å²) >= 11 is 1.39. The SMILES string of the molecule is COC[C@]12C[C@H]1[C@](C)(c1cc(NC(=O)c3ncc(O[C@@H](C)c4ncco4)nc3C)cc(F)c1F)N=C(N)S2. The molecule has 1 amide bonds. The molecule has 4 atom stereocenters. The third-order valence-corrected chi connectivity index (χ3v) is 8.09. The molecule has 1 aliphatic heterocycles. The van der Waals surface area contributed by atoms with Crippen LogP contribution in [0.5, 0.6) is 5.88 Å². The molecule has 1 aliphatic carbocycles. The second-order valence-corrected chi connectivity index (χ2v) is 10.9. The fraction of sp³-hybridized carbons (Fsp3) is 0.400. The molecule has 0 saturated heterocycles. The summed E-state index contributed by atoms with van der Waals surface area (Å²) in [5, 5.41) is 2.87. The minimum Gasteiger partial charge on any atom is -0.464 e. The Kier molecular flexibility index (Phi) is 6.59. The lowest BCUT2D eigenvalue weighted by molar-refractivity contribution is 0.102. The standard InChI is InChI=1S/C25H26F2N6O4S/c1-12-20(30-10-18(31-12)37-13(2)22-29-5-6-36-22)21(34)32-14-7-15(19(27)16(26)8-14)24(3)17-9-25(17,11-35-4)38-23(28)33-24/h5-8,10,13,17H,9,11H2,1-4H3,(H2,28,33)(H,32,34)/t13-,17-,24-,25+/m0/s1. The van der Waals surface area contributed by atoms with E-state index in [9.17, 15) is 9.18 Å². The third-order valence-electron chi connectivity index (χ3n) is 6.81. The molecule has 0 spiro atoms. The van der Waals surface area contributed by atoms with Crippen molar-refractivity contribution in [3.8, 4) is 5.88 Å². The first-order valence-electron chi connectivity index (χ1n) is 11.8. The van der Waals surface area contributed by atoms with Crippen LogP contribution >= 0.6 is 11.8 Å². The highest BCUT2D eigenvalue weighted by atomic mass is 32.2. The number of amidine groups is 1. The minimum absolute atomic E-state index is 0.00347. The molecule has 13 heteroatoms. The van der Waals surface area contributed by atoms with Crippen LogP contribution in [0.4, 0.5) is 14.5 Å². The molecule has 3 N–H and O–H groups in total. The van der Waals surface area contributed by atoms with Gasteiger partial charge < -0.3 is 24.9 Å². The van der Waals surface area contributed by atoms with Gasteiger partial charge in [0.15, 0.2) is 22.9 Å². The number of thioether (sulfide) groups is 1. The Morgan fingerprint density at radius 1 is 1.37 bits per heavy atom. The van der Waals surface area contributed by atoms with Crippen molar-refractivity contribution < 1.29 is 27.5 Å². The van der Waals surface area contributed by atoms with Crippen LogP contribution in [-0.2, 0) is 10.3 Å². The van der Waals surface area contributed by atoms with E-state index < -0.39 is 29.2 Å². The highest BCUT2D eigenvalue weighted by Crippen LogP contribution is 2.66. The van der Waals surface area contributed by atoms with E-state index in [2.05, 4.69) is 25.3 Å². The van der Waals surface area contributed by atoms with Crippen molar-refractivity contribution >= 4 is 28.5 Å². The molecule has 3 aromatic rings. The number of methoxy groups -OCH3 is 1. The Bertz CT molecular complexity index is 1420. The van der Waals surface area contributed by atoms with E-state index in [1.54, 1.807) is 27.9 Å². The zero-order chi connectivity index (χ0) is 27.2. The minimum atomic E-state index is -1.13. The molecule has 0 radical (unpaired) electrons. The maximum absolute atomic E-state index is 15.1. The number of fused-ring (bicyclic) bond motifs is 1. The van der Waals surface area contributed by atoms with E-state index in [4.69, 9.17) is 19.6 Å². The number of rotatable bonds is 8. The van der Waals surface area contributed by atoms with E-state index in [1.807, 2.05) is 0 Å². The molecule has 1 saturated carbocycles. The van der Waals surface area contributed by atoms with Crippen LogP contribution in [0.25, 0.3) is 0 Å². The Morgan fingerprint density at radius 3 is 2.84 bits per heavy atom. The van der Waals surface area contributed by atoms with Gasteiger partial charge in [-0.2, -0.15) is 0 Å². The largest absolute Gasteiger partial charge is 0.464 e. The monoisotopic (exact) mass is 544 g/mol. The van der Waals surface area contributed by atoms with Gasteiger partial charge in [-0.25, -0.2) is 23.7 Å². The van der Waals surface area contributed by atoms with Crippen LogP contribution in [0, 0.1) is 24.5 Å². The molecule has 0 bridgehead atoms. The van der Waals surface area contributed by atoms with Crippen molar-refractivity contribution in [1.82, 2.24) is 15.0 Å². The molecule has 0 unspecified atom stereocenters. The van der Waals surface area contributed by atoms with Crippen LogP contribution in [-0.4, -0.2) is 44.5 Å². The fourth-order valence-electron chi connectivity index (χ4n) is 4.96. The lowest BCUT2D eigenvalue weighted by Gasteiger charge is -2.34. The first kappa shape index (κ1) is 26.0. The van der Waals surface area contributed by atoms with Crippen LogP contribution < -0.4 is 15.8 Å². The smallest absolute Gasteiger partial charge is 0.276 e. The lowest BCUT2D eigenvalue weighted by atomic mass is 9.85. The van der Waals surface area contributed by atoms with Crippen molar-refractivity contribution in [2.75, 3.05) is 19.0 Å². The van der Waals surface area contributed by atoms with Crippen molar-refractivity contribution in [3.63, 3.8) is 0 Å². The van der Waals surface area contributed by atoms with Gasteiger partial charge in [0.25, 0.3) is 5.91 Å². The highest BCUT2D eigenvalue weighted by molar-refractivity contribution is 8.15. The van der Waals surface area contributed by atoms with Crippen LogP contribution in [0.15, 0.2) is 40.2 Å². The number of aromatic nitrogens is 3. The summed E-state index contributed by atoms with van der Waals surface area (Å²) in [5.41, 5.74) is 5.28. The number of oxazole rings is 1. The summed E-state index contributed by atoms with van der Waals surface area (Å²) < 4.78 is 45.8. The van der Waals surface area contributed by atoms with Gasteiger partial charge in [0, 0.05) is 30.3 Å². The van der Waals surface area contributed by atoms with E-state index in [1.165, 1.54) is 36.5 Å². The summed E-state index contributed by atoms with van der Waals surface area (Å²) in [6.07, 6.45) is 4.38. The molecule has 200 valence electrons. The molecule has 5 rings (SSSR count). The number of aryl methyl sites for hydroxylation is 1.